The highest BCUT2D eigenvalue weighted by Gasteiger charge is 2.24. The molecule has 2 aromatic heterocycles. The molecule has 0 aliphatic carbocycles. The molecule has 0 radical (unpaired) electrons. The van der Waals surface area contributed by atoms with Crippen LogP contribution in [0.1, 0.15) is 22.9 Å². The van der Waals surface area contributed by atoms with E-state index >= 15 is 0 Å². The monoisotopic (exact) mass is 667 g/mol. The number of nitrogens with zero attached hydrogens (tertiary/aromatic N) is 2. The van der Waals surface area contributed by atoms with Crippen LogP contribution in [0, 0.1) is 0 Å². The van der Waals surface area contributed by atoms with Gasteiger partial charge in [-0.1, -0.05) is 115 Å². The normalized spacial score (nSPS) is 14.7. The third-order valence-corrected chi connectivity index (χ3v) is 10.3. The molecule has 5 heteroatoms. The summed E-state index contributed by atoms with van der Waals surface area (Å²) < 4.78 is 12.7. The van der Waals surface area contributed by atoms with Crippen molar-refractivity contribution in [1.29, 1.82) is 0 Å². The fourth-order valence-electron chi connectivity index (χ4n) is 7.70. The number of aliphatic imine (C=N–C) groups is 2. The largest absolute Gasteiger partial charge is 0.456 e. The van der Waals surface area contributed by atoms with Crippen molar-refractivity contribution < 1.29 is 8.83 Å². The first-order valence-electron chi connectivity index (χ1n) is 17.5. The molecule has 244 valence electrons. The predicted octanol–water partition coefficient (Wildman–Crippen LogP) is 12.0. The van der Waals surface area contributed by atoms with E-state index in [-0.39, 0.29) is 6.17 Å². The van der Waals surface area contributed by atoms with Crippen molar-refractivity contribution in [3.63, 3.8) is 0 Å². The number of nitrogens with one attached hydrogen (secondary N) is 1. The second kappa shape index (κ2) is 11.3. The molecule has 0 amide bonds. The molecule has 1 aliphatic rings. The Kier molecular flexibility index (Phi) is 6.25. The van der Waals surface area contributed by atoms with Crippen LogP contribution in [0.5, 0.6) is 0 Å². The summed E-state index contributed by atoms with van der Waals surface area (Å²) in [7, 11) is 0. The van der Waals surface area contributed by atoms with Crippen molar-refractivity contribution in [3.8, 4) is 11.1 Å². The van der Waals surface area contributed by atoms with Crippen LogP contribution >= 0.6 is 0 Å². The zero-order valence-electron chi connectivity index (χ0n) is 27.9. The SMILES string of the molecule is c1ccc2cc(C3=NC(c4cccc5oc6cc(-c7ccc8oc9ccccc9c8c7)ccc6c45)=NC(c4ccc5ccccc5c4)N3)ccc2c1. The van der Waals surface area contributed by atoms with Gasteiger partial charge < -0.3 is 14.2 Å². The summed E-state index contributed by atoms with van der Waals surface area (Å²) in [5, 5.41) is 12.6. The smallest absolute Gasteiger partial charge is 0.160 e. The highest BCUT2D eigenvalue weighted by atomic mass is 16.3. The number of para-hydroxylation sites is 1. The van der Waals surface area contributed by atoms with Gasteiger partial charge in [0.2, 0.25) is 0 Å². The van der Waals surface area contributed by atoms with Crippen LogP contribution in [-0.4, -0.2) is 11.7 Å². The number of amidine groups is 2. The lowest BCUT2D eigenvalue weighted by atomic mass is 9.99. The van der Waals surface area contributed by atoms with E-state index in [0.29, 0.717) is 5.84 Å². The van der Waals surface area contributed by atoms with E-state index in [9.17, 15) is 0 Å². The van der Waals surface area contributed by atoms with Gasteiger partial charge in [0.1, 0.15) is 34.3 Å². The molecule has 1 unspecified atom stereocenters. The number of hydrogen-bond donors (Lipinski definition) is 1. The maximum absolute atomic E-state index is 6.57. The van der Waals surface area contributed by atoms with Crippen LogP contribution in [0.4, 0.5) is 0 Å². The first-order valence-corrected chi connectivity index (χ1v) is 17.5. The van der Waals surface area contributed by atoms with E-state index in [1.807, 2.05) is 30.3 Å². The van der Waals surface area contributed by atoms with Crippen LogP contribution < -0.4 is 5.32 Å². The molecule has 0 fully saturated rings. The van der Waals surface area contributed by atoms with Crippen molar-refractivity contribution >= 4 is 77.1 Å². The van der Waals surface area contributed by atoms with E-state index < -0.39 is 0 Å². The highest BCUT2D eigenvalue weighted by Crippen LogP contribution is 2.38. The third-order valence-electron chi connectivity index (χ3n) is 10.3. The van der Waals surface area contributed by atoms with Crippen LogP contribution in [0.25, 0.3) is 76.5 Å². The topological polar surface area (TPSA) is 63.0 Å². The molecule has 1 N–H and O–H groups in total. The van der Waals surface area contributed by atoms with Crippen LogP contribution in [0.15, 0.2) is 183 Å². The summed E-state index contributed by atoms with van der Waals surface area (Å²) in [5.74, 6) is 1.44. The lowest BCUT2D eigenvalue weighted by Crippen LogP contribution is -2.33. The van der Waals surface area contributed by atoms with Gasteiger partial charge >= 0.3 is 0 Å². The average Bonchev–Trinajstić information content (AvgIpc) is 3.78. The minimum atomic E-state index is -0.340. The first-order chi connectivity index (χ1) is 25.7. The highest BCUT2D eigenvalue weighted by molar-refractivity contribution is 6.22. The molecule has 0 spiro atoms. The third kappa shape index (κ3) is 4.63. The molecule has 5 nitrogen and oxygen atoms in total. The molecule has 1 atom stereocenters. The maximum Gasteiger partial charge on any atom is 0.160 e. The second-order valence-corrected chi connectivity index (χ2v) is 13.4. The van der Waals surface area contributed by atoms with Crippen LogP contribution in [-0.2, 0) is 0 Å². The van der Waals surface area contributed by atoms with E-state index in [0.717, 1.165) is 82.9 Å². The van der Waals surface area contributed by atoms with Crippen molar-refractivity contribution in [2.75, 3.05) is 0 Å². The number of furan rings is 2. The summed E-state index contributed by atoms with van der Waals surface area (Å²) in [6, 6.07) is 57.0. The maximum atomic E-state index is 6.57. The van der Waals surface area contributed by atoms with Gasteiger partial charge in [-0.25, -0.2) is 9.98 Å². The summed E-state index contributed by atoms with van der Waals surface area (Å²) in [6.45, 7) is 0. The molecule has 0 saturated carbocycles. The quantitative estimate of drug-likeness (QED) is 0.203. The van der Waals surface area contributed by atoms with Crippen LogP contribution in [0.2, 0.25) is 0 Å². The summed E-state index contributed by atoms with van der Waals surface area (Å²) in [4.78, 5) is 10.5. The Hall–Kier alpha value is -6.98. The molecular weight excluding hydrogens is 639 g/mol. The molecule has 0 saturated heterocycles. The molecule has 3 heterocycles. The Balaban J connectivity index is 1.06. The molecule has 52 heavy (non-hydrogen) atoms. The fraction of sp³-hybridized carbons (Fsp3) is 0.0213. The van der Waals surface area contributed by atoms with E-state index in [4.69, 9.17) is 18.8 Å². The molecule has 8 aromatic carbocycles. The predicted molar refractivity (Wildman–Crippen MR) is 213 cm³/mol. The number of fused-ring (bicyclic) bond motifs is 8. The summed E-state index contributed by atoms with van der Waals surface area (Å²) in [6.07, 6.45) is -0.340. The van der Waals surface area contributed by atoms with Crippen molar-refractivity contribution in [2.45, 2.75) is 6.17 Å². The van der Waals surface area contributed by atoms with Crippen molar-refractivity contribution in [3.05, 3.63) is 180 Å². The van der Waals surface area contributed by atoms with Crippen LogP contribution in [0.3, 0.4) is 0 Å². The first kappa shape index (κ1) is 28.8. The van der Waals surface area contributed by atoms with Gasteiger partial charge in [-0.05, 0) is 86.8 Å². The summed E-state index contributed by atoms with van der Waals surface area (Å²) >= 11 is 0. The number of rotatable bonds is 4. The zero-order chi connectivity index (χ0) is 34.2. The molecule has 10 aromatic rings. The Bertz CT molecular complexity index is 3130. The Morgan fingerprint density at radius 2 is 1.12 bits per heavy atom. The minimum absolute atomic E-state index is 0.340. The Labute approximate surface area is 298 Å². The number of hydrogen-bond acceptors (Lipinski definition) is 5. The van der Waals surface area contributed by atoms with Gasteiger partial charge in [-0.15, -0.1) is 0 Å². The van der Waals surface area contributed by atoms with Crippen molar-refractivity contribution in [1.82, 2.24) is 5.32 Å². The minimum Gasteiger partial charge on any atom is -0.456 e. The molecular formula is C47H29N3O2. The molecule has 11 rings (SSSR count). The van der Waals surface area contributed by atoms with Gasteiger partial charge in [0.05, 0.1) is 0 Å². The van der Waals surface area contributed by atoms with Gasteiger partial charge in [0.15, 0.2) is 5.84 Å². The fourth-order valence-corrected chi connectivity index (χ4v) is 7.70. The molecule has 0 bridgehead atoms. The Morgan fingerprint density at radius 3 is 2.00 bits per heavy atom. The van der Waals surface area contributed by atoms with E-state index in [2.05, 4.69) is 139 Å². The number of benzene rings is 8. The molecule has 1 aliphatic heterocycles. The Morgan fingerprint density at radius 1 is 0.442 bits per heavy atom. The standard InChI is InChI=1S/C47H29N3O2/c1-3-10-30-24-34(18-16-28(30)8-1)45-48-46(35-19-17-29-9-2-4-11-31(29)25-35)50-47(49-45)38-13-7-15-42-44(38)37-22-20-33(27-43(37)52-42)32-21-23-41-39(26-32)36-12-5-6-14-40(36)51-41/h1-27,45H,(H,48,49,50). The van der Waals surface area contributed by atoms with Crippen molar-refractivity contribution in [2.24, 2.45) is 9.98 Å². The van der Waals surface area contributed by atoms with Gasteiger partial charge in [-0.3, -0.25) is 0 Å². The van der Waals surface area contributed by atoms with E-state index in [1.54, 1.807) is 0 Å². The lowest BCUT2D eigenvalue weighted by Gasteiger charge is -2.24. The zero-order valence-corrected chi connectivity index (χ0v) is 27.9. The average molecular weight is 668 g/mol. The second-order valence-electron chi connectivity index (χ2n) is 13.4. The lowest BCUT2D eigenvalue weighted by molar-refractivity contribution is 0.668. The van der Waals surface area contributed by atoms with Gasteiger partial charge in [-0.2, -0.15) is 0 Å². The van der Waals surface area contributed by atoms with Gasteiger partial charge in [0.25, 0.3) is 0 Å². The van der Waals surface area contributed by atoms with E-state index in [1.165, 1.54) is 16.2 Å². The van der Waals surface area contributed by atoms with Gasteiger partial charge in [0, 0.05) is 32.7 Å². The summed E-state index contributed by atoms with van der Waals surface area (Å²) in [5.41, 5.74) is 8.58.